The highest BCUT2D eigenvalue weighted by Crippen LogP contribution is 2.30. The number of hydrogen-bond donors (Lipinski definition) is 2. The summed E-state index contributed by atoms with van der Waals surface area (Å²) in [7, 11) is 0. The van der Waals surface area contributed by atoms with Crippen molar-refractivity contribution >= 4 is 22.7 Å². The second-order valence-electron chi connectivity index (χ2n) is 3.43. The van der Waals surface area contributed by atoms with Gasteiger partial charge in [-0.3, -0.25) is 4.99 Å². The van der Waals surface area contributed by atoms with Crippen LogP contribution >= 0.6 is 17.0 Å². The van der Waals surface area contributed by atoms with Crippen molar-refractivity contribution in [2.45, 2.75) is 19.8 Å². The number of rotatable bonds is 1. The molecule has 1 aliphatic rings. The fraction of sp³-hybridized carbons (Fsp3) is 0.364. The van der Waals surface area contributed by atoms with Gasteiger partial charge in [0.25, 0.3) is 0 Å². The number of hydrogen-bond acceptors (Lipinski definition) is 3. The van der Waals surface area contributed by atoms with E-state index in [1.54, 1.807) is 12.1 Å². The third-order valence-corrected chi connectivity index (χ3v) is 2.53. The average Bonchev–Trinajstić information content (AvgIpc) is 2.19. The van der Waals surface area contributed by atoms with E-state index >= 15 is 0 Å². The molecule has 3 nitrogen and oxygen atoms in total. The molecule has 0 saturated heterocycles. The van der Waals surface area contributed by atoms with E-state index in [0.717, 1.165) is 36.2 Å². The maximum absolute atomic E-state index is 9.38. The molecule has 4 heteroatoms. The van der Waals surface area contributed by atoms with Crippen LogP contribution in [-0.4, -0.2) is 22.5 Å². The van der Waals surface area contributed by atoms with Crippen LogP contribution in [0.25, 0.3) is 0 Å². The van der Waals surface area contributed by atoms with Crippen molar-refractivity contribution in [1.82, 2.24) is 0 Å². The van der Waals surface area contributed by atoms with Crippen LogP contribution in [-0.2, 0) is 6.42 Å². The molecule has 2 rings (SSSR count). The summed E-state index contributed by atoms with van der Waals surface area (Å²) in [4.78, 5) is 4.38. The quantitative estimate of drug-likeness (QED) is 0.771. The largest absolute Gasteiger partial charge is 0.504 e. The number of benzene rings is 1. The third kappa shape index (κ3) is 2.15. The Hall–Kier alpha value is -1.03. The number of phenols is 2. The summed E-state index contributed by atoms with van der Waals surface area (Å²) in [6.07, 6.45) is 1.70. The highest BCUT2D eigenvalue weighted by Gasteiger charge is 2.15. The molecule has 0 atom stereocenters. The van der Waals surface area contributed by atoms with Crippen LogP contribution in [0.5, 0.6) is 11.5 Å². The van der Waals surface area contributed by atoms with E-state index in [-0.39, 0.29) is 28.5 Å². The van der Waals surface area contributed by atoms with Gasteiger partial charge in [-0.15, -0.1) is 17.0 Å². The number of halogens is 1. The Labute approximate surface area is 99.2 Å². The minimum absolute atomic E-state index is 0. The molecule has 0 saturated carbocycles. The molecule has 82 valence electrons. The Morgan fingerprint density at radius 1 is 1.27 bits per heavy atom. The van der Waals surface area contributed by atoms with Gasteiger partial charge in [-0.25, -0.2) is 0 Å². The van der Waals surface area contributed by atoms with E-state index < -0.39 is 0 Å². The van der Waals surface area contributed by atoms with Crippen LogP contribution in [0.4, 0.5) is 0 Å². The highest BCUT2D eigenvalue weighted by molar-refractivity contribution is 8.93. The van der Waals surface area contributed by atoms with E-state index in [1.165, 1.54) is 0 Å². The lowest BCUT2D eigenvalue weighted by molar-refractivity contribution is 0.403. The van der Waals surface area contributed by atoms with Crippen molar-refractivity contribution in [2.24, 2.45) is 4.99 Å². The highest BCUT2D eigenvalue weighted by atomic mass is 79.9. The molecule has 0 unspecified atom stereocenters. The molecule has 1 aromatic carbocycles. The summed E-state index contributed by atoms with van der Waals surface area (Å²) in [5.74, 6) is -0.104. The molecule has 1 heterocycles. The maximum Gasteiger partial charge on any atom is 0.158 e. The van der Waals surface area contributed by atoms with Crippen LogP contribution in [0, 0.1) is 0 Å². The fourth-order valence-corrected chi connectivity index (χ4v) is 1.79. The van der Waals surface area contributed by atoms with Crippen LogP contribution in [0.15, 0.2) is 17.1 Å². The number of nitrogens with zero attached hydrogens (tertiary/aromatic N) is 1. The van der Waals surface area contributed by atoms with Gasteiger partial charge in [-0.05, 0) is 30.5 Å². The number of phenolic OH excluding ortho intramolecular Hbond substituents is 2. The molecule has 0 radical (unpaired) electrons. The SMILES string of the molecule is Br.CCC1=NCCc2cc(O)c(O)cc21. The van der Waals surface area contributed by atoms with Crippen molar-refractivity contribution in [3.63, 3.8) is 0 Å². The van der Waals surface area contributed by atoms with Gasteiger partial charge >= 0.3 is 0 Å². The normalized spacial score (nSPS) is 13.8. The lowest BCUT2D eigenvalue weighted by Gasteiger charge is -2.16. The molecule has 1 aromatic rings. The predicted molar refractivity (Wildman–Crippen MR) is 65.5 cm³/mol. The van der Waals surface area contributed by atoms with Gasteiger partial charge in [0.15, 0.2) is 11.5 Å². The summed E-state index contributed by atoms with van der Waals surface area (Å²) in [5, 5.41) is 18.7. The van der Waals surface area contributed by atoms with Gasteiger partial charge in [0, 0.05) is 17.8 Å². The second kappa shape index (κ2) is 4.66. The first kappa shape index (κ1) is 12.0. The van der Waals surface area contributed by atoms with Gasteiger partial charge in [-0.1, -0.05) is 6.92 Å². The third-order valence-electron chi connectivity index (χ3n) is 2.53. The topological polar surface area (TPSA) is 52.8 Å². The monoisotopic (exact) mass is 271 g/mol. The Kier molecular flexibility index (Phi) is 3.74. The first-order chi connectivity index (χ1) is 6.72. The van der Waals surface area contributed by atoms with Gasteiger partial charge < -0.3 is 10.2 Å². The van der Waals surface area contributed by atoms with Crippen molar-refractivity contribution in [3.8, 4) is 11.5 Å². The zero-order valence-electron chi connectivity index (χ0n) is 8.53. The summed E-state index contributed by atoms with van der Waals surface area (Å²) in [6, 6.07) is 3.24. The summed E-state index contributed by atoms with van der Waals surface area (Å²) in [6.45, 7) is 2.82. The van der Waals surface area contributed by atoms with Crippen molar-refractivity contribution in [2.75, 3.05) is 6.54 Å². The molecular formula is C11H14BrNO2. The molecule has 0 bridgehead atoms. The molecule has 1 aliphatic heterocycles. The van der Waals surface area contributed by atoms with E-state index in [1.807, 2.05) is 6.92 Å². The lowest BCUT2D eigenvalue weighted by atomic mass is 9.95. The average molecular weight is 272 g/mol. The summed E-state index contributed by atoms with van der Waals surface area (Å²) < 4.78 is 0. The first-order valence-corrected chi connectivity index (χ1v) is 4.81. The fourth-order valence-electron chi connectivity index (χ4n) is 1.79. The Bertz CT molecular complexity index is 402. The molecule has 0 spiro atoms. The minimum Gasteiger partial charge on any atom is -0.504 e. The first-order valence-electron chi connectivity index (χ1n) is 4.81. The smallest absolute Gasteiger partial charge is 0.158 e. The van der Waals surface area contributed by atoms with Crippen LogP contribution < -0.4 is 0 Å². The van der Waals surface area contributed by atoms with E-state index in [9.17, 15) is 10.2 Å². The Morgan fingerprint density at radius 3 is 2.60 bits per heavy atom. The van der Waals surface area contributed by atoms with Gasteiger partial charge in [0.2, 0.25) is 0 Å². The maximum atomic E-state index is 9.38. The molecular weight excluding hydrogens is 258 g/mol. The number of aromatic hydroxyl groups is 2. The van der Waals surface area contributed by atoms with Crippen LogP contribution in [0.1, 0.15) is 24.5 Å². The summed E-state index contributed by atoms with van der Waals surface area (Å²) >= 11 is 0. The van der Waals surface area contributed by atoms with Gasteiger partial charge in [-0.2, -0.15) is 0 Å². The number of aliphatic imine (C=N–C) groups is 1. The zero-order chi connectivity index (χ0) is 10.1. The number of fused-ring (bicyclic) bond motifs is 1. The molecule has 0 amide bonds. The Morgan fingerprint density at radius 2 is 1.93 bits per heavy atom. The van der Waals surface area contributed by atoms with Crippen molar-refractivity contribution in [1.29, 1.82) is 0 Å². The summed E-state index contributed by atoms with van der Waals surface area (Å²) in [5.41, 5.74) is 3.07. The van der Waals surface area contributed by atoms with Crippen molar-refractivity contribution < 1.29 is 10.2 Å². The van der Waals surface area contributed by atoms with E-state index in [4.69, 9.17) is 0 Å². The molecule has 0 aliphatic carbocycles. The standard InChI is InChI=1S/C11H13NO2.BrH/c1-2-9-8-6-11(14)10(13)5-7(8)3-4-12-9;/h5-6,13-14H,2-4H2,1H3;1H. The molecule has 0 fully saturated rings. The lowest BCUT2D eigenvalue weighted by Crippen LogP contribution is -2.11. The van der Waals surface area contributed by atoms with E-state index in [0.29, 0.717) is 0 Å². The minimum atomic E-state index is -0.0631. The van der Waals surface area contributed by atoms with Gasteiger partial charge in [0.1, 0.15) is 0 Å². The van der Waals surface area contributed by atoms with Crippen LogP contribution in [0.2, 0.25) is 0 Å². The molecule has 0 aromatic heterocycles. The van der Waals surface area contributed by atoms with Gasteiger partial charge in [0.05, 0.1) is 0 Å². The second-order valence-corrected chi connectivity index (χ2v) is 3.43. The zero-order valence-corrected chi connectivity index (χ0v) is 10.2. The van der Waals surface area contributed by atoms with Crippen LogP contribution in [0.3, 0.4) is 0 Å². The van der Waals surface area contributed by atoms with E-state index in [2.05, 4.69) is 4.99 Å². The Balaban J connectivity index is 0.00000112. The molecule has 2 N–H and O–H groups in total. The predicted octanol–water partition coefficient (Wildman–Crippen LogP) is 2.43. The van der Waals surface area contributed by atoms with Crippen molar-refractivity contribution in [3.05, 3.63) is 23.3 Å². The molecule has 15 heavy (non-hydrogen) atoms.